The lowest BCUT2D eigenvalue weighted by molar-refractivity contribution is 0.561. The van der Waals surface area contributed by atoms with Crippen LogP contribution in [0.3, 0.4) is 0 Å². The van der Waals surface area contributed by atoms with Crippen molar-refractivity contribution in [3.05, 3.63) is 65.0 Å². The molecule has 22 heavy (non-hydrogen) atoms. The molecule has 1 atom stereocenters. The predicted molar refractivity (Wildman–Crippen MR) is 91.9 cm³/mol. The summed E-state index contributed by atoms with van der Waals surface area (Å²) >= 11 is 0. The van der Waals surface area contributed by atoms with Gasteiger partial charge in [-0.3, -0.25) is 0 Å². The van der Waals surface area contributed by atoms with Crippen LogP contribution in [0.25, 0.3) is 4.85 Å². The number of hydrogen-bond acceptors (Lipinski definition) is 2. The van der Waals surface area contributed by atoms with E-state index in [0.717, 1.165) is 18.7 Å². The maximum Gasteiger partial charge on any atom is 0.187 e. The summed E-state index contributed by atoms with van der Waals surface area (Å²) in [6, 6.07) is 14.4. The molecule has 2 N–H and O–H groups in total. The normalized spacial score (nSPS) is 16.7. The second-order valence-corrected chi connectivity index (χ2v) is 5.90. The third-order valence-corrected chi connectivity index (χ3v) is 4.60. The fourth-order valence-corrected chi connectivity index (χ4v) is 3.25. The zero-order valence-electron chi connectivity index (χ0n) is 12.9. The Balaban J connectivity index is 1.90. The Morgan fingerprint density at radius 3 is 2.59 bits per heavy atom. The number of fused-ring (bicyclic) bond motifs is 1. The number of aryl methyl sites for hydroxylation is 1. The minimum absolute atomic E-state index is 0.515. The third kappa shape index (κ3) is 2.70. The number of nitrogens with two attached hydrogens (primary N) is 1. The SMILES string of the molecule is [C-]#[N+]c1ccc(N(C)c2ccc3c(c2)CCC[C@H]3CN)cc1. The Kier molecular flexibility index (Phi) is 4.13. The molecule has 0 bridgehead atoms. The zero-order valence-corrected chi connectivity index (χ0v) is 12.9. The fourth-order valence-electron chi connectivity index (χ4n) is 3.25. The molecule has 0 unspecified atom stereocenters. The van der Waals surface area contributed by atoms with Crippen molar-refractivity contribution in [3.63, 3.8) is 0 Å². The van der Waals surface area contributed by atoms with Crippen molar-refractivity contribution < 1.29 is 0 Å². The molecule has 0 radical (unpaired) electrons. The summed E-state index contributed by atoms with van der Waals surface area (Å²) in [5, 5.41) is 0. The molecule has 2 aromatic rings. The lowest BCUT2D eigenvalue weighted by atomic mass is 9.82. The number of benzene rings is 2. The van der Waals surface area contributed by atoms with Crippen molar-refractivity contribution in [2.45, 2.75) is 25.2 Å². The molecule has 3 rings (SSSR count). The number of rotatable bonds is 3. The molecule has 3 nitrogen and oxygen atoms in total. The van der Waals surface area contributed by atoms with Crippen LogP contribution < -0.4 is 10.6 Å². The Labute approximate surface area is 132 Å². The highest BCUT2D eigenvalue weighted by Gasteiger charge is 2.19. The Morgan fingerprint density at radius 2 is 1.91 bits per heavy atom. The van der Waals surface area contributed by atoms with E-state index >= 15 is 0 Å². The topological polar surface area (TPSA) is 33.6 Å². The molecule has 0 heterocycles. The highest BCUT2D eigenvalue weighted by Crippen LogP contribution is 2.34. The van der Waals surface area contributed by atoms with Crippen LogP contribution in [-0.4, -0.2) is 13.6 Å². The first kappa shape index (κ1) is 14.6. The first-order chi connectivity index (χ1) is 10.7. The lowest BCUT2D eigenvalue weighted by Crippen LogP contribution is -2.19. The molecule has 0 fully saturated rings. The van der Waals surface area contributed by atoms with Gasteiger partial charge in [-0.2, -0.15) is 0 Å². The monoisotopic (exact) mass is 291 g/mol. The highest BCUT2D eigenvalue weighted by molar-refractivity contribution is 5.66. The maximum absolute atomic E-state index is 7.03. The van der Waals surface area contributed by atoms with Crippen LogP contribution in [-0.2, 0) is 6.42 Å². The summed E-state index contributed by atoms with van der Waals surface area (Å²) in [7, 11) is 2.07. The Hall–Kier alpha value is -2.31. The second kappa shape index (κ2) is 6.21. The lowest BCUT2D eigenvalue weighted by Gasteiger charge is -2.27. The van der Waals surface area contributed by atoms with Crippen LogP contribution in [0.15, 0.2) is 42.5 Å². The summed E-state index contributed by atoms with van der Waals surface area (Å²) in [6.45, 7) is 7.76. The smallest absolute Gasteiger partial charge is 0.187 e. The molecule has 0 amide bonds. The minimum atomic E-state index is 0.515. The molecule has 0 saturated heterocycles. The van der Waals surface area contributed by atoms with E-state index in [1.807, 2.05) is 24.3 Å². The van der Waals surface area contributed by atoms with Gasteiger partial charge in [0.1, 0.15) is 0 Å². The van der Waals surface area contributed by atoms with Crippen LogP contribution in [0.2, 0.25) is 0 Å². The molecule has 112 valence electrons. The van der Waals surface area contributed by atoms with Crippen LogP contribution in [0.1, 0.15) is 29.9 Å². The van der Waals surface area contributed by atoms with Crippen LogP contribution in [0.5, 0.6) is 0 Å². The highest BCUT2D eigenvalue weighted by atomic mass is 15.1. The van der Waals surface area contributed by atoms with Gasteiger partial charge in [0, 0.05) is 18.4 Å². The fraction of sp³-hybridized carbons (Fsp3) is 0.316. The summed E-state index contributed by atoms with van der Waals surface area (Å²) in [5.74, 6) is 0.515. The van der Waals surface area contributed by atoms with Crippen LogP contribution in [0.4, 0.5) is 17.1 Å². The van der Waals surface area contributed by atoms with Gasteiger partial charge in [-0.15, -0.1) is 0 Å². The summed E-state index contributed by atoms with van der Waals surface area (Å²) < 4.78 is 0. The molecular weight excluding hydrogens is 270 g/mol. The van der Waals surface area contributed by atoms with Crippen molar-refractivity contribution in [1.82, 2.24) is 0 Å². The summed E-state index contributed by atoms with van der Waals surface area (Å²) in [4.78, 5) is 5.61. The largest absolute Gasteiger partial charge is 0.345 e. The quantitative estimate of drug-likeness (QED) is 0.851. The van der Waals surface area contributed by atoms with E-state index in [9.17, 15) is 0 Å². The van der Waals surface area contributed by atoms with Gasteiger partial charge < -0.3 is 10.6 Å². The van der Waals surface area contributed by atoms with Crippen molar-refractivity contribution >= 4 is 17.1 Å². The van der Waals surface area contributed by atoms with Gasteiger partial charge in [0.25, 0.3) is 0 Å². The van der Waals surface area contributed by atoms with Gasteiger partial charge in [0.15, 0.2) is 5.69 Å². The van der Waals surface area contributed by atoms with Gasteiger partial charge in [-0.25, -0.2) is 4.85 Å². The van der Waals surface area contributed by atoms with E-state index in [1.165, 1.54) is 29.7 Å². The van der Waals surface area contributed by atoms with Gasteiger partial charge in [0.2, 0.25) is 0 Å². The van der Waals surface area contributed by atoms with Crippen LogP contribution >= 0.6 is 0 Å². The van der Waals surface area contributed by atoms with E-state index in [2.05, 4.69) is 35.0 Å². The number of hydrogen-bond donors (Lipinski definition) is 1. The Morgan fingerprint density at radius 1 is 1.18 bits per heavy atom. The molecule has 0 aliphatic heterocycles. The average Bonchev–Trinajstić information content (AvgIpc) is 2.60. The van der Waals surface area contributed by atoms with Gasteiger partial charge in [-0.05, 0) is 67.1 Å². The van der Waals surface area contributed by atoms with Crippen LogP contribution in [0, 0.1) is 6.57 Å². The van der Waals surface area contributed by atoms with E-state index < -0.39 is 0 Å². The molecular formula is C19H21N3. The average molecular weight is 291 g/mol. The van der Waals surface area contributed by atoms with Crippen molar-refractivity contribution in [3.8, 4) is 0 Å². The van der Waals surface area contributed by atoms with E-state index in [0.29, 0.717) is 11.6 Å². The molecule has 0 saturated carbocycles. The van der Waals surface area contributed by atoms with Gasteiger partial charge >= 0.3 is 0 Å². The van der Waals surface area contributed by atoms with Gasteiger partial charge in [-0.1, -0.05) is 18.2 Å². The predicted octanol–water partition coefficient (Wildman–Crippen LogP) is 4.38. The van der Waals surface area contributed by atoms with E-state index in [1.54, 1.807) is 0 Å². The van der Waals surface area contributed by atoms with Crippen molar-refractivity contribution in [1.29, 1.82) is 0 Å². The van der Waals surface area contributed by atoms with Gasteiger partial charge in [0.05, 0.1) is 6.57 Å². The van der Waals surface area contributed by atoms with Crippen molar-refractivity contribution in [2.24, 2.45) is 5.73 Å². The molecule has 1 aliphatic carbocycles. The summed E-state index contributed by atoms with van der Waals surface area (Å²) in [6.07, 6.45) is 3.57. The number of nitrogens with zero attached hydrogens (tertiary/aromatic N) is 2. The molecule has 0 spiro atoms. The zero-order chi connectivity index (χ0) is 15.5. The third-order valence-electron chi connectivity index (χ3n) is 4.60. The Bertz CT molecular complexity index is 698. The minimum Gasteiger partial charge on any atom is -0.345 e. The van der Waals surface area contributed by atoms with Crippen molar-refractivity contribution in [2.75, 3.05) is 18.5 Å². The second-order valence-electron chi connectivity index (χ2n) is 5.90. The first-order valence-electron chi connectivity index (χ1n) is 7.77. The standard InChI is InChI=1S/C19H21N3/c1-21-16-6-8-17(9-7-16)22(2)18-10-11-19-14(12-18)4-3-5-15(19)13-20/h6-12,15H,3-5,13,20H2,2H3/t15-/m0/s1. The van der Waals surface area contributed by atoms with E-state index in [-0.39, 0.29) is 0 Å². The molecule has 2 aromatic carbocycles. The maximum atomic E-state index is 7.03. The first-order valence-corrected chi connectivity index (χ1v) is 7.77. The van der Waals surface area contributed by atoms with E-state index in [4.69, 9.17) is 12.3 Å². The number of anilines is 2. The molecule has 3 heteroatoms. The molecule has 0 aromatic heterocycles. The molecule has 1 aliphatic rings. The summed E-state index contributed by atoms with van der Waals surface area (Å²) in [5.41, 5.74) is 11.7.